The molecule has 6 heteroatoms. The second-order valence-electron chi connectivity index (χ2n) is 8.18. The lowest BCUT2D eigenvalue weighted by atomic mass is 9.77. The quantitative estimate of drug-likeness (QED) is 0.876. The Morgan fingerprint density at radius 2 is 1.97 bits per heavy atom. The summed E-state index contributed by atoms with van der Waals surface area (Å²) in [6, 6.07) is 6.11. The van der Waals surface area contributed by atoms with Gasteiger partial charge in [0.25, 0.3) is 0 Å². The Kier molecular flexibility index (Phi) is 4.70. The van der Waals surface area contributed by atoms with Crippen molar-refractivity contribution in [2.24, 2.45) is 16.1 Å². The molecule has 0 bridgehead atoms. The van der Waals surface area contributed by atoms with Crippen LogP contribution in [0.15, 0.2) is 40.6 Å². The smallest absolute Gasteiger partial charge is 0.213 e. The van der Waals surface area contributed by atoms with Gasteiger partial charge in [-0.05, 0) is 43.2 Å². The number of nitrogens with one attached hydrogen (secondary N) is 1. The van der Waals surface area contributed by atoms with E-state index >= 15 is 0 Å². The number of fused-ring (bicyclic) bond motifs is 3. The van der Waals surface area contributed by atoms with Crippen LogP contribution in [0.4, 0.5) is 5.69 Å². The van der Waals surface area contributed by atoms with E-state index in [-0.39, 0.29) is 0 Å². The van der Waals surface area contributed by atoms with Crippen molar-refractivity contribution >= 4 is 17.5 Å². The molecule has 2 aromatic heterocycles. The standard InChI is InChI=1S/C23H27N5O/c1-28-12-4-5-17(22-23(28)18-13-24-25-14-20(18)27-22)15-8-10-16(11-9-15)19-6-3-7-21(26-19)29-2/h3-7,14-16,27H,8-13H2,1-2H3. The molecule has 4 heterocycles. The number of rotatable bonds is 3. The van der Waals surface area contributed by atoms with Crippen LogP contribution in [0.25, 0.3) is 11.8 Å². The number of ether oxygens (including phenoxy) is 1. The zero-order valence-corrected chi connectivity index (χ0v) is 17.1. The Labute approximate surface area is 170 Å². The van der Waals surface area contributed by atoms with Gasteiger partial charge in [0.05, 0.1) is 36.2 Å². The first kappa shape index (κ1) is 18.2. The van der Waals surface area contributed by atoms with E-state index < -0.39 is 0 Å². The molecule has 150 valence electrons. The molecule has 0 atom stereocenters. The predicted molar refractivity (Wildman–Crippen MR) is 114 cm³/mol. The average Bonchev–Trinajstić information content (AvgIpc) is 3.08. The number of hydrogen-bond acceptors (Lipinski definition) is 5. The molecule has 1 saturated carbocycles. The zero-order valence-electron chi connectivity index (χ0n) is 17.1. The summed E-state index contributed by atoms with van der Waals surface area (Å²) in [4.78, 5) is 10.7. The van der Waals surface area contributed by atoms with Gasteiger partial charge in [0.1, 0.15) is 0 Å². The molecule has 29 heavy (non-hydrogen) atoms. The number of aromatic amines is 1. The summed E-state index contributed by atoms with van der Waals surface area (Å²) in [5.41, 5.74) is 5.17. The Bertz CT molecular complexity index is 1090. The normalized spacial score (nSPS) is 23.2. The molecule has 0 saturated heterocycles. The van der Waals surface area contributed by atoms with Crippen LogP contribution in [-0.2, 0) is 6.54 Å². The van der Waals surface area contributed by atoms with Gasteiger partial charge in [0.2, 0.25) is 5.88 Å². The fourth-order valence-electron chi connectivity index (χ4n) is 4.98. The van der Waals surface area contributed by atoms with E-state index in [4.69, 9.17) is 4.74 Å². The fraction of sp³-hybridized carbons (Fsp3) is 0.435. The second kappa shape index (κ2) is 7.50. The number of nitrogens with zero attached hydrogens (tertiary/aromatic N) is 4. The van der Waals surface area contributed by atoms with E-state index in [2.05, 4.69) is 50.4 Å². The third-order valence-electron chi connectivity index (χ3n) is 6.49. The molecule has 2 aliphatic heterocycles. The molecule has 3 aliphatic rings. The van der Waals surface area contributed by atoms with Crippen LogP contribution in [0.3, 0.4) is 0 Å². The average molecular weight is 390 g/mol. The van der Waals surface area contributed by atoms with Gasteiger partial charge in [-0.3, -0.25) is 0 Å². The molecule has 0 spiro atoms. The van der Waals surface area contributed by atoms with E-state index in [1.54, 1.807) is 7.11 Å². The summed E-state index contributed by atoms with van der Waals surface area (Å²) >= 11 is 0. The van der Waals surface area contributed by atoms with Gasteiger partial charge in [-0.1, -0.05) is 18.2 Å². The van der Waals surface area contributed by atoms with Crippen LogP contribution in [0.2, 0.25) is 0 Å². The number of methoxy groups -OCH3 is 1. The molecular formula is C23H27N5O. The van der Waals surface area contributed by atoms with Crippen LogP contribution in [-0.4, -0.2) is 30.7 Å². The number of allylic oxidation sites excluding steroid dienone is 1. The van der Waals surface area contributed by atoms with Gasteiger partial charge in [0.15, 0.2) is 0 Å². The van der Waals surface area contributed by atoms with Gasteiger partial charge in [-0.25, -0.2) is 4.98 Å². The van der Waals surface area contributed by atoms with Crippen molar-refractivity contribution in [3.63, 3.8) is 0 Å². The summed E-state index contributed by atoms with van der Waals surface area (Å²) in [5, 5.41) is 10.7. The lowest BCUT2D eigenvalue weighted by Gasteiger charge is -2.29. The van der Waals surface area contributed by atoms with Crippen molar-refractivity contribution in [2.45, 2.75) is 38.1 Å². The maximum absolute atomic E-state index is 5.31. The summed E-state index contributed by atoms with van der Waals surface area (Å²) in [6.07, 6.45) is 11.2. The molecular weight excluding hydrogens is 362 g/mol. The van der Waals surface area contributed by atoms with Crippen molar-refractivity contribution in [2.75, 3.05) is 25.6 Å². The number of anilines is 1. The second-order valence-corrected chi connectivity index (χ2v) is 8.18. The van der Waals surface area contributed by atoms with Crippen LogP contribution in [0, 0.1) is 5.92 Å². The minimum Gasteiger partial charge on any atom is -0.481 e. The molecule has 2 aromatic rings. The first-order valence-electron chi connectivity index (χ1n) is 10.4. The summed E-state index contributed by atoms with van der Waals surface area (Å²) in [5.74, 6) is 1.79. The maximum Gasteiger partial charge on any atom is 0.213 e. The molecule has 5 rings (SSSR count). The largest absolute Gasteiger partial charge is 0.481 e. The number of likely N-dealkylation sites (N-methyl/N-ethyl adjacent to an activating group) is 1. The van der Waals surface area contributed by atoms with Crippen molar-refractivity contribution < 1.29 is 4.74 Å². The van der Waals surface area contributed by atoms with E-state index in [9.17, 15) is 0 Å². The Hall–Kier alpha value is -2.89. The number of hydrogen-bond donors (Lipinski definition) is 1. The highest BCUT2D eigenvalue weighted by molar-refractivity contribution is 5.69. The highest BCUT2D eigenvalue weighted by atomic mass is 16.5. The molecule has 0 radical (unpaired) electrons. The van der Waals surface area contributed by atoms with E-state index in [1.165, 1.54) is 35.0 Å². The minimum atomic E-state index is 0.515. The number of pyridine rings is 1. The first-order valence-corrected chi connectivity index (χ1v) is 10.4. The third-order valence-corrected chi connectivity index (χ3v) is 6.49. The van der Waals surface area contributed by atoms with Crippen molar-refractivity contribution in [1.29, 1.82) is 0 Å². The molecule has 6 nitrogen and oxygen atoms in total. The van der Waals surface area contributed by atoms with Gasteiger partial charge in [0, 0.05) is 36.8 Å². The van der Waals surface area contributed by atoms with Crippen molar-refractivity contribution in [3.8, 4) is 5.88 Å². The van der Waals surface area contributed by atoms with Crippen LogP contribution in [0.5, 0.6) is 5.88 Å². The Morgan fingerprint density at radius 1 is 1.14 bits per heavy atom. The predicted octanol–water partition coefficient (Wildman–Crippen LogP) is 3.25. The molecule has 1 fully saturated rings. The van der Waals surface area contributed by atoms with Crippen LogP contribution >= 0.6 is 0 Å². The SMILES string of the molecule is COc1cccc(C2CCC(C3=c4[nH]c5c(c4N(C)CC=C3)CN=NC=5)CC2)n1. The summed E-state index contributed by atoms with van der Waals surface area (Å²) in [6.45, 7) is 1.57. The molecule has 0 aromatic carbocycles. The van der Waals surface area contributed by atoms with Crippen LogP contribution in [0.1, 0.15) is 42.9 Å². The summed E-state index contributed by atoms with van der Waals surface area (Å²) in [7, 11) is 3.85. The van der Waals surface area contributed by atoms with Gasteiger partial charge >= 0.3 is 0 Å². The Morgan fingerprint density at radius 3 is 2.79 bits per heavy atom. The van der Waals surface area contributed by atoms with E-state index in [0.29, 0.717) is 24.3 Å². The highest BCUT2D eigenvalue weighted by Crippen LogP contribution is 2.39. The lowest BCUT2D eigenvalue weighted by molar-refractivity contribution is 0.367. The minimum absolute atomic E-state index is 0.515. The molecule has 0 amide bonds. The Balaban J connectivity index is 1.46. The van der Waals surface area contributed by atoms with Gasteiger partial charge in [-0.15, -0.1) is 0 Å². The molecule has 0 unspecified atom stereocenters. The van der Waals surface area contributed by atoms with Crippen LogP contribution < -0.4 is 20.3 Å². The van der Waals surface area contributed by atoms with Crippen molar-refractivity contribution in [3.05, 3.63) is 52.3 Å². The monoisotopic (exact) mass is 389 g/mol. The number of H-pyrrole nitrogens is 1. The van der Waals surface area contributed by atoms with Crippen molar-refractivity contribution in [1.82, 2.24) is 9.97 Å². The first-order chi connectivity index (χ1) is 14.2. The van der Waals surface area contributed by atoms with Gasteiger partial charge in [-0.2, -0.15) is 10.2 Å². The lowest BCUT2D eigenvalue weighted by Crippen LogP contribution is -2.25. The molecule has 1 N–H and O–H groups in total. The third kappa shape index (κ3) is 3.26. The number of aromatic nitrogens is 2. The highest BCUT2D eigenvalue weighted by Gasteiger charge is 2.28. The van der Waals surface area contributed by atoms with Gasteiger partial charge < -0.3 is 14.6 Å². The molecule has 1 aliphatic carbocycles. The van der Waals surface area contributed by atoms with E-state index in [1.807, 2.05) is 18.3 Å². The maximum atomic E-state index is 5.31. The zero-order chi connectivity index (χ0) is 19.8. The topological polar surface area (TPSA) is 65.9 Å². The number of azo groups is 1. The summed E-state index contributed by atoms with van der Waals surface area (Å²) < 4.78 is 5.31. The fourth-order valence-corrected chi connectivity index (χ4v) is 4.98. The van der Waals surface area contributed by atoms with E-state index in [0.717, 1.165) is 30.4 Å².